The van der Waals surface area contributed by atoms with Gasteiger partial charge in [0.1, 0.15) is 5.65 Å². The van der Waals surface area contributed by atoms with Crippen molar-refractivity contribution >= 4 is 23.3 Å². The highest BCUT2D eigenvalue weighted by atomic mass is 32.2. The molecule has 0 saturated heterocycles. The molecule has 2 heterocycles. The van der Waals surface area contributed by atoms with E-state index in [2.05, 4.69) is 23.4 Å². The van der Waals surface area contributed by atoms with Crippen LogP contribution < -0.4 is 5.32 Å². The van der Waals surface area contributed by atoms with Crippen LogP contribution in [0.3, 0.4) is 0 Å². The van der Waals surface area contributed by atoms with E-state index >= 15 is 0 Å². The van der Waals surface area contributed by atoms with E-state index in [0.29, 0.717) is 5.56 Å². The van der Waals surface area contributed by atoms with E-state index < -0.39 is 0 Å². The maximum Gasteiger partial charge on any atom is 0.251 e. The number of imidazole rings is 1. The van der Waals surface area contributed by atoms with Crippen molar-refractivity contribution in [3.8, 4) is 0 Å². The third-order valence-electron chi connectivity index (χ3n) is 3.73. The number of carbonyl (C=O) groups excluding carboxylic acids is 1. The lowest BCUT2D eigenvalue weighted by Gasteiger charge is -2.05. The van der Waals surface area contributed by atoms with E-state index in [-0.39, 0.29) is 5.91 Å². The quantitative estimate of drug-likeness (QED) is 0.519. The lowest BCUT2D eigenvalue weighted by Crippen LogP contribution is -2.24. The summed E-state index contributed by atoms with van der Waals surface area (Å²) in [7, 11) is 0. The number of benzene rings is 1. The number of amides is 1. The van der Waals surface area contributed by atoms with E-state index in [1.807, 2.05) is 53.1 Å². The number of nitrogens with one attached hydrogen (secondary N) is 1. The van der Waals surface area contributed by atoms with Crippen molar-refractivity contribution in [2.45, 2.75) is 30.4 Å². The molecule has 5 heteroatoms. The Labute approximate surface area is 146 Å². The standard InChI is InChI=1S/C19H21N3OS/c1-2-3-11-20-19(23)15-7-9-17(10-8-15)24-14-16-13-22-12-5-4-6-18(22)21-16/h4-10,12-13H,2-3,11,14H2,1H3,(H,20,23). The molecule has 0 atom stereocenters. The Morgan fingerprint density at radius 1 is 1.21 bits per heavy atom. The number of thioether (sulfide) groups is 1. The van der Waals surface area contributed by atoms with E-state index in [4.69, 9.17) is 0 Å². The van der Waals surface area contributed by atoms with Crippen LogP contribution in [0.2, 0.25) is 0 Å². The first-order valence-corrected chi connectivity index (χ1v) is 9.18. The summed E-state index contributed by atoms with van der Waals surface area (Å²) in [4.78, 5) is 17.7. The average molecular weight is 339 g/mol. The van der Waals surface area contributed by atoms with Crippen LogP contribution in [0.25, 0.3) is 5.65 Å². The van der Waals surface area contributed by atoms with Gasteiger partial charge in [-0.15, -0.1) is 11.8 Å². The van der Waals surface area contributed by atoms with Crippen LogP contribution in [0.5, 0.6) is 0 Å². The van der Waals surface area contributed by atoms with Crippen molar-refractivity contribution in [2.75, 3.05) is 6.54 Å². The molecule has 0 spiro atoms. The molecule has 0 radical (unpaired) electrons. The smallest absolute Gasteiger partial charge is 0.251 e. The van der Waals surface area contributed by atoms with Gasteiger partial charge in [-0.3, -0.25) is 4.79 Å². The first kappa shape index (κ1) is 16.6. The fourth-order valence-corrected chi connectivity index (χ4v) is 3.18. The second-order valence-corrected chi connectivity index (χ2v) is 6.67. The molecule has 4 nitrogen and oxygen atoms in total. The van der Waals surface area contributed by atoms with E-state index in [1.165, 1.54) is 0 Å². The highest BCUT2D eigenvalue weighted by Gasteiger charge is 2.06. The highest BCUT2D eigenvalue weighted by molar-refractivity contribution is 7.98. The van der Waals surface area contributed by atoms with Crippen LogP contribution in [-0.2, 0) is 5.75 Å². The summed E-state index contributed by atoms with van der Waals surface area (Å²) in [5.74, 6) is 0.810. The fourth-order valence-electron chi connectivity index (χ4n) is 2.40. The Morgan fingerprint density at radius 3 is 2.79 bits per heavy atom. The Hall–Kier alpha value is -2.27. The average Bonchev–Trinajstić information content (AvgIpc) is 3.03. The summed E-state index contributed by atoms with van der Waals surface area (Å²) in [5.41, 5.74) is 2.72. The monoisotopic (exact) mass is 339 g/mol. The summed E-state index contributed by atoms with van der Waals surface area (Å²) >= 11 is 1.72. The van der Waals surface area contributed by atoms with Gasteiger partial charge in [-0.25, -0.2) is 4.98 Å². The van der Waals surface area contributed by atoms with Crippen molar-refractivity contribution in [3.63, 3.8) is 0 Å². The Balaban J connectivity index is 1.56. The third-order valence-corrected chi connectivity index (χ3v) is 4.78. The van der Waals surface area contributed by atoms with Gasteiger partial charge in [0.05, 0.1) is 5.69 Å². The predicted octanol–water partition coefficient (Wildman–Crippen LogP) is 4.16. The second-order valence-electron chi connectivity index (χ2n) is 5.62. The summed E-state index contributed by atoms with van der Waals surface area (Å²) in [6, 6.07) is 13.7. The minimum atomic E-state index is 0.000325. The zero-order chi connectivity index (χ0) is 16.8. The molecule has 0 saturated carbocycles. The number of carbonyl (C=O) groups is 1. The molecule has 3 aromatic rings. The van der Waals surface area contributed by atoms with Crippen molar-refractivity contribution in [2.24, 2.45) is 0 Å². The number of pyridine rings is 1. The van der Waals surface area contributed by atoms with E-state index in [9.17, 15) is 4.79 Å². The molecule has 24 heavy (non-hydrogen) atoms. The highest BCUT2D eigenvalue weighted by Crippen LogP contribution is 2.23. The second kappa shape index (κ2) is 8.02. The van der Waals surface area contributed by atoms with Crippen LogP contribution in [0.1, 0.15) is 35.8 Å². The maximum atomic E-state index is 12.0. The minimum Gasteiger partial charge on any atom is -0.352 e. The Bertz CT molecular complexity index is 778. The van der Waals surface area contributed by atoms with Crippen LogP contribution in [0, 0.1) is 0 Å². The molecular weight excluding hydrogens is 318 g/mol. The number of rotatable bonds is 7. The molecule has 0 aliphatic rings. The maximum absolute atomic E-state index is 12.0. The van der Waals surface area contributed by atoms with Crippen LogP contribution >= 0.6 is 11.8 Å². The molecular formula is C19H21N3OS. The summed E-state index contributed by atoms with van der Waals surface area (Å²) in [6.07, 6.45) is 6.15. The molecule has 0 aliphatic carbocycles. The first-order valence-electron chi connectivity index (χ1n) is 8.20. The van der Waals surface area contributed by atoms with Gasteiger partial charge in [-0.05, 0) is 42.8 Å². The van der Waals surface area contributed by atoms with E-state index in [1.54, 1.807) is 11.8 Å². The fraction of sp³-hybridized carbons (Fsp3) is 0.263. The Kier molecular flexibility index (Phi) is 5.54. The molecule has 1 amide bonds. The largest absolute Gasteiger partial charge is 0.352 e. The first-order chi connectivity index (χ1) is 11.8. The summed E-state index contributed by atoms with van der Waals surface area (Å²) in [6.45, 7) is 2.85. The van der Waals surface area contributed by atoms with Crippen LogP contribution in [0.4, 0.5) is 0 Å². The Morgan fingerprint density at radius 2 is 2.04 bits per heavy atom. The van der Waals surface area contributed by atoms with E-state index in [0.717, 1.165) is 41.4 Å². The number of unbranched alkanes of at least 4 members (excludes halogenated alkanes) is 1. The molecule has 0 bridgehead atoms. The summed E-state index contributed by atoms with van der Waals surface area (Å²) in [5, 5.41) is 2.93. The summed E-state index contributed by atoms with van der Waals surface area (Å²) < 4.78 is 2.03. The molecule has 2 aromatic heterocycles. The van der Waals surface area contributed by atoms with Gasteiger partial charge >= 0.3 is 0 Å². The zero-order valence-electron chi connectivity index (χ0n) is 13.7. The van der Waals surface area contributed by atoms with Gasteiger partial charge < -0.3 is 9.72 Å². The number of nitrogens with zero attached hydrogens (tertiary/aromatic N) is 2. The zero-order valence-corrected chi connectivity index (χ0v) is 14.6. The molecule has 1 aromatic carbocycles. The number of aromatic nitrogens is 2. The number of hydrogen-bond donors (Lipinski definition) is 1. The van der Waals surface area contributed by atoms with Gasteiger partial charge in [0, 0.05) is 35.2 Å². The third kappa shape index (κ3) is 4.17. The van der Waals surface area contributed by atoms with Crippen molar-refractivity contribution in [3.05, 3.63) is 66.1 Å². The van der Waals surface area contributed by atoms with Gasteiger partial charge in [0.2, 0.25) is 0 Å². The molecule has 0 unspecified atom stereocenters. The van der Waals surface area contributed by atoms with Crippen LogP contribution in [-0.4, -0.2) is 21.8 Å². The van der Waals surface area contributed by atoms with Gasteiger partial charge in [-0.1, -0.05) is 19.4 Å². The normalized spacial score (nSPS) is 10.9. The molecule has 0 fully saturated rings. The number of hydrogen-bond acceptors (Lipinski definition) is 3. The van der Waals surface area contributed by atoms with Crippen LogP contribution in [0.15, 0.2) is 59.8 Å². The van der Waals surface area contributed by atoms with Gasteiger partial charge in [-0.2, -0.15) is 0 Å². The van der Waals surface area contributed by atoms with Crippen molar-refractivity contribution in [1.82, 2.24) is 14.7 Å². The lowest BCUT2D eigenvalue weighted by atomic mass is 10.2. The van der Waals surface area contributed by atoms with Gasteiger partial charge in [0.25, 0.3) is 5.91 Å². The number of fused-ring (bicyclic) bond motifs is 1. The minimum absolute atomic E-state index is 0.000325. The molecule has 0 aliphatic heterocycles. The van der Waals surface area contributed by atoms with Crippen molar-refractivity contribution < 1.29 is 4.79 Å². The predicted molar refractivity (Wildman–Crippen MR) is 98.4 cm³/mol. The topological polar surface area (TPSA) is 46.4 Å². The SMILES string of the molecule is CCCCNC(=O)c1ccc(SCc2cn3ccccc3n2)cc1. The van der Waals surface area contributed by atoms with Crippen molar-refractivity contribution in [1.29, 1.82) is 0 Å². The molecule has 3 rings (SSSR count). The molecule has 124 valence electrons. The van der Waals surface area contributed by atoms with Gasteiger partial charge in [0.15, 0.2) is 0 Å². The lowest BCUT2D eigenvalue weighted by molar-refractivity contribution is 0.0953. The molecule has 1 N–H and O–H groups in total.